The van der Waals surface area contributed by atoms with Crippen LogP contribution in [0.1, 0.15) is 26.5 Å². The van der Waals surface area contributed by atoms with E-state index in [-0.39, 0.29) is 5.91 Å². The minimum absolute atomic E-state index is 0.0299. The fourth-order valence-corrected chi connectivity index (χ4v) is 3.21. The van der Waals surface area contributed by atoms with Gasteiger partial charge in [-0.1, -0.05) is 23.8 Å². The standard InChI is InChI=1S/C19H19N3OS/c1-13-6-7-14(2)15(11-13)19(23)21-10-8-18-22-17(12-24-18)16-5-3-4-9-20-16/h3-7,9,11-12H,8,10H2,1-2H3,(H,21,23). The van der Waals surface area contributed by atoms with Gasteiger partial charge in [-0.2, -0.15) is 0 Å². The van der Waals surface area contributed by atoms with Crippen LogP contribution in [0.3, 0.4) is 0 Å². The van der Waals surface area contributed by atoms with Gasteiger partial charge in [0.25, 0.3) is 5.91 Å². The Morgan fingerprint density at radius 2 is 2.04 bits per heavy atom. The van der Waals surface area contributed by atoms with Crippen LogP contribution in [0.15, 0.2) is 48.0 Å². The number of nitrogens with one attached hydrogen (secondary N) is 1. The molecule has 0 aliphatic heterocycles. The maximum Gasteiger partial charge on any atom is 0.251 e. The third-order valence-electron chi connectivity index (χ3n) is 3.74. The zero-order valence-corrected chi connectivity index (χ0v) is 14.6. The third kappa shape index (κ3) is 3.86. The second kappa shape index (κ2) is 7.36. The molecule has 0 aliphatic rings. The van der Waals surface area contributed by atoms with Crippen LogP contribution in [0.5, 0.6) is 0 Å². The smallest absolute Gasteiger partial charge is 0.251 e. The van der Waals surface area contributed by atoms with Crippen LogP contribution >= 0.6 is 11.3 Å². The average molecular weight is 337 g/mol. The predicted octanol–water partition coefficient (Wildman–Crippen LogP) is 3.79. The molecule has 122 valence electrons. The van der Waals surface area contributed by atoms with Gasteiger partial charge < -0.3 is 5.32 Å². The van der Waals surface area contributed by atoms with E-state index in [2.05, 4.69) is 15.3 Å². The van der Waals surface area contributed by atoms with Gasteiger partial charge in [0.05, 0.1) is 16.4 Å². The minimum Gasteiger partial charge on any atom is -0.352 e. The zero-order valence-electron chi connectivity index (χ0n) is 13.7. The molecule has 0 fully saturated rings. The molecule has 0 radical (unpaired) electrons. The summed E-state index contributed by atoms with van der Waals surface area (Å²) in [6, 6.07) is 11.7. The van der Waals surface area contributed by atoms with Crippen molar-refractivity contribution in [1.82, 2.24) is 15.3 Å². The number of amides is 1. The highest BCUT2D eigenvalue weighted by atomic mass is 32.1. The predicted molar refractivity (Wildman–Crippen MR) is 97.3 cm³/mol. The van der Waals surface area contributed by atoms with Crippen LogP contribution in [0.2, 0.25) is 0 Å². The summed E-state index contributed by atoms with van der Waals surface area (Å²) >= 11 is 1.60. The molecule has 0 bridgehead atoms. The highest BCUT2D eigenvalue weighted by molar-refractivity contribution is 7.09. The highest BCUT2D eigenvalue weighted by Crippen LogP contribution is 2.19. The summed E-state index contributed by atoms with van der Waals surface area (Å²) < 4.78 is 0. The van der Waals surface area contributed by atoms with E-state index in [0.29, 0.717) is 13.0 Å². The van der Waals surface area contributed by atoms with Crippen molar-refractivity contribution in [3.05, 3.63) is 69.7 Å². The van der Waals surface area contributed by atoms with Crippen molar-refractivity contribution in [2.45, 2.75) is 20.3 Å². The fraction of sp³-hybridized carbons (Fsp3) is 0.211. The van der Waals surface area contributed by atoms with Gasteiger partial charge in [0, 0.05) is 30.1 Å². The molecule has 0 unspecified atom stereocenters. The number of hydrogen-bond acceptors (Lipinski definition) is 4. The van der Waals surface area contributed by atoms with E-state index >= 15 is 0 Å². The topological polar surface area (TPSA) is 54.9 Å². The molecule has 0 saturated heterocycles. The molecule has 3 aromatic rings. The normalized spacial score (nSPS) is 10.6. The Kier molecular flexibility index (Phi) is 5.01. The highest BCUT2D eigenvalue weighted by Gasteiger charge is 2.10. The van der Waals surface area contributed by atoms with E-state index in [1.54, 1.807) is 17.5 Å². The number of rotatable bonds is 5. The van der Waals surface area contributed by atoms with Gasteiger partial charge in [0.1, 0.15) is 0 Å². The summed E-state index contributed by atoms with van der Waals surface area (Å²) in [5, 5.41) is 5.98. The first kappa shape index (κ1) is 16.3. The van der Waals surface area contributed by atoms with Crippen LogP contribution < -0.4 is 5.32 Å². The molecule has 24 heavy (non-hydrogen) atoms. The second-order valence-corrected chi connectivity index (χ2v) is 6.61. The van der Waals surface area contributed by atoms with Crippen molar-refractivity contribution in [3.63, 3.8) is 0 Å². The van der Waals surface area contributed by atoms with Crippen LogP contribution in [0.4, 0.5) is 0 Å². The van der Waals surface area contributed by atoms with Crippen molar-refractivity contribution in [2.75, 3.05) is 6.54 Å². The number of benzene rings is 1. The molecule has 1 N–H and O–H groups in total. The molecule has 0 aliphatic carbocycles. The van der Waals surface area contributed by atoms with Crippen molar-refractivity contribution >= 4 is 17.2 Å². The molecule has 2 heterocycles. The molecular formula is C19H19N3OS. The van der Waals surface area contributed by atoms with Crippen LogP contribution in [0, 0.1) is 13.8 Å². The lowest BCUT2D eigenvalue weighted by Crippen LogP contribution is -2.26. The molecule has 1 amide bonds. The van der Waals surface area contributed by atoms with Crippen molar-refractivity contribution in [2.24, 2.45) is 0 Å². The zero-order chi connectivity index (χ0) is 16.9. The summed E-state index contributed by atoms with van der Waals surface area (Å²) in [6.07, 6.45) is 2.48. The maximum atomic E-state index is 12.3. The summed E-state index contributed by atoms with van der Waals surface area (Å²) in [6.45, 7) is 4.51. The molecule has 3 rings (SSSR count). The number of thiazole rings is 1. The number of aryl methyl sites for hydroxylation is 2. The van der Waals surface area contributed by atoms with E-state index in [4.69, 9.17) is 0 Å². The minimum atomic E-state index is -0.0299. The van der Waals surface area contributed by atoms with Gasteiger partial charge in [-0.05, 0) is 37.6 Å². The molecule has 0 spiro atoms. The maximum absolute atomic E-state index is 12.3. The third-order valence-corrected chi connectivity index (χ3v) is 4.65. The van der Waals surface area contributed by atoms with Gasteiger partial charge in [-0.3, -0.25) is 9.78 Å². The summed E-state index contributed by atoms with van der Waals surface area (Å²) in [5.74, 6) is -0.0299. The Morgan fingerprint density at radius 3 is 2.83 bits per heavy atom. The van der Waals surface area contributed by atoms with Crippen LogP contribution in [0.25, 0.3) is 11.4 Å². The molecule has 5 heteroatoms. The van der Waals surface area contributed by atoms with Gasteiger partial charge in [0.15, 0.2) is 0 Å². The molecule has 0 saturated carbocycles. The summed E-state index contributed by atoms with van der Waals surface area (Å²) in [5.41, 5.74) is 4.58. The molecule has 2 aromatic heterocycles. The first-order chi connectivity index (χ1) is 11.6. The number of nitrogens with zero attached hydrogens (tertiary/aromatic N) is 2. The Morgan fingerprint density at radius 1 is 1.17 bits per heavy atom. The first-order valence-electron chi connectivity index (χ1n) is 7.85. The number of carbonyl (C=O) groups excluding carboxylic acids is 1. The van der Waals surface area contributed by atoms with Crippen molar-refractivity contribution in [3.8, 4) is 11.4 Å². The van der Waals surface area contributed by atoms with Crippen molar-refractivity contribution < 1.29 is 4.79 Å². The number of aromatic nitrogens is 2. The lowest BCUT2D eigenvalue weighted by atomic mass is 10.1. The van der Waals surface area contributed by atoms with Gasteiger partial charge in [-0.25, -0.2) is 4.98 Å². The molecular weight excluding hydrogens is 318 g/mol. The van der Waals surface area contributed by atoms with Crippen molar-refractivity contribution in [1.29, 1.82) is 0 Å². The van der Waals surface area contributed by atoms with Gasteiger partial charge in [-0.15, -0.1) is 11.3 Å². The molecule has 4 nitrogen and oxygen atoms in total. The monoisotopic (exact) mass is 337 g/mol. The Bertz CT molecular complexity index is 843. The molecule has 0 atom stereocenters. The van der Waals surface area contributed by atoms with E-state index in [9.17, 15) is 4.79 Å². The van der Waals surface area contributed by atoms with Gasteiger partial charge in [0.2, 0.25) is 0 Å². The van der Waals surface area contributed by atoms with Crippen LogP contribution in [-0.4, -0.2) is 22.4 Å². The number of carbonyl (C=O) groups is 1. The molecule has 1 aromatic carbocycles. The van der Waals surface area contributed by atoms with Gasteiger partial charge >= 0.3 is 0 Å². The Hall–Kier alpha value is -2.53. The largest absolute Gasteiger partial charge is 0.352 e. The Balaban J connectivity index is 1.58. The van der Waals surface area contributed by atoms with E-state index in [0.717, 1.165) is 33.1 Å². The first-order valence-corrected chi connectivity index (χ1v) is 8.73. The lowest BCUT2D eigenvalue weighted by Gasteiger charge is -2.07. The number of hydrogen-bond donors (Lipinski definition) is 1. The van der Waals surface area contributed by atoms with Crippen LogP contribution in [-0.2, 0) is 6.42 Å². The number of pyridine rings is 1. The SMILES string of the molecule is Cc1ccc(C)c(C(=O)NCCc2nc(-c3ccccn3)cs2)c1. The van der Waals surface area contributed by atoms with E-state index in [1.807, 2.05) is 55.6 Å². The summed E-state index contributed by atoms with van der Waals surface area (Å²) in [4.78, 5) is 21.2. The quantitative estimate of drug-likeness (QED) is 0.770. The van der Waals surface area contributed by atoms with E-state index < -0.39 is 0 Å². The lowest BCUT2D eigenvalue weighted by molar-refractivity contribution is 0.0953. The average Bonchev–Trinajstić information content (AvgIpc) is 3.06. The second-order valence-electron chi connectivity index (χ2n) is 5.67. The fourth-order valence-electron chi connectivity index (χ4n) is 2.42. The Labute approximate surface area is 145 Å². The summed E-state index contributed by atoms with van der Waals surface area (Å²) in [7, 11) is 0. The van der Waals surface area contributed by atoms with E-state index in [1.165, 1.54) is 0 Å².